The topological polar surface area (TPSA) is 75.9 Å². The lowest BCUT2D eigenvalue weighted by Gasteiger charge is -2.37. The third kappa shape index (κ3) is 5.19. The van der Waals surface area contributed by atoms with Crippen molar-refractivity contribution in [2.24, 2.45) is 11.7 Å². The summed E-state index contributed by atoms with van der Waals surface area (Å²) in [6, 6.07) is 9.27. The Kier molecular flexibility index (Phi) is 6.82. The molecule has 0 radical (unpaired) electrons. The molecule has 1 aliphatic rings. The van der Waals surface area contributed by atoms with E-state index in [1.807, 2.05) is 44.2 Å². The average molecular weight is 347 g/mol. The second-order valence-electron chi connectivity index (χ2n) is 6.98. The molecule has 6 nitrogen and oxygen atoms in total. The summed E-state index contributed by atoms with van der Waals surface area (Å²) in [5, 5.41) is 0. The number of nitrogens with zero attached hydrogens (tertiary/aromatic N) is 2. The monoisotopic (exact) mass is 347 g/mol. The standard InChI is InChI=1S/C19H29N3O3/c1-14(2)17(20)18(23)21(3)16-9-11-22(12-10-16)19(24)25-13-15-7-5-4-6-8-15/h4-8,14,16-17H,9-13,20H2,1-3H3/t17-/m0/s1. The zero-order valence-electron chi connectivity index (χ0n) is 15.4. The van der Waals surface area contributed by atoms with Gasteiger partial charge in [-0.25, -0.2) is 4.79 Å². The molecule has 2 N–H and O–H groups in total. The highest BCUT2D eigenvalue weighted by Gasteiger charge is 2.30. The minimum absolute atomic E-state index is 0.0277. The highest BCUT2D eigenvalue weighted by molar-refractivity contribution is 5.82. The van der Waals surface area contributed by atoms with E-state index in [0.29, 0.717) is 13.1 Å². The number of likely N-dealkylation sites (N-methyl/N-ethyl adjacent to an activating group) is 1. The van der Waals surface area contributed by atoms with Crippen LogP contribution in [0.2, 0.25) is 0 Å². The van der Waals surface area contributed by atoms with E-state index in [-0.39, 0.29) is 30.6 Å². The Morgan fingerprint density at radius 1 is 1.24 bits per heavy atom. The van der Waals surface area contributed by atoms with Gasteiger partial charge in [-0.15, -0.1) is 0 Å². The molecule has 138 valence electrons. The summed E-state index contributed by atoms with van der Waals surface area (Å²) >= 11 is 0. The number of ether oxygens (including phenoxy) is 1. The number of rotatable bonds is 5. The maximum atomic E-state index is 12.4. The number of nitrogens with two attached hydrogens (primary N) is 1. The fourth-order valence-electron chi connectivity index (χ4n) is 2.95. The number of carbonyl (C=O) groups excluding carboxylic acids is 2. The van der Waals surface area contributed by atoms with E-state index >= 15 is 0 Å². The van der Waals surface area contributed by atoms with Crippen molar-refractivity contribution in [1.29, 1.82) is 0 Å². The summed E-state index contributed by atoms with van der Waals surface area (Å²) in [5.74, 6) is 0.0862. The molecule has 6 heteroatoms. The van der Waals surface area contributed by atoms with Crippen molar-refractivity contribution in [2.75, 3.05) is 20.1 Å². The molecule has 1 aliphatic heterocycles. The van der Waals surface area contributed by atoms with Crippen LogP contribution in [0.25, 0.3) is 0 Å². The van der Waals surface area contributed by atoms with Crippen LogP contribution < -0.4 is 5.73 Å². The zero-order valence-corrected chi connectivity index (χ0v) is 15.4. The van der Waals surface area contributed by atoms with Crippen molar-refractivity contribution < 1.29 is 14.3 Å². The van der Waals surface area contributed by atoms with Gasteiger partial charge in [0.15, 0.2) is 0 Å². The number of benzene rings is 1. The quantitative estimate of drug-likeness (QED) is 0.886. The molecule has 2 amide bonds. The van der Waals surface area contributed by atoms with Gasteiger partial charge < -0.3 is 20.3 Å². The highest BCUT2D eigenvalue weighted by Crippen LogP contribution is 2.18. The SMILES string of the molecule is CC(C)[C@H](N)C(=O)N(C)C1CCN(C(=O)OCc2ccccc2)CC1. The summed E-state index contributed by atoms with van der Waals surface area (Å²) in [5.41, 5.74) is 6.93. The van der Waals surface area contributed by atoms with Gasteiger partial charge >= 0.3 is 6.09 Å². The lowest BCUT2D eigenvalue weighted by atomic mass is 10.00. The van der Waals surface area contributed by atoms with Gasteiger partial charge in [0.2, 0.25) is 5.91 Å². The minimum Gasteiger partial charge on any atom is -0.445 e. The number of likely N-dealkylation sites (tertiary alicyclic amines) is 1. The van der Waals surface area contributed by atoms with Crippen LogP contribution in [0.4, 0.5) is 4.79 Å². The van der Waals surface area contributed by atoms with Gasteiger partial charge in [0.1, 0.15) is 6.61 Å². The van der Waals surface area contributed by atoms with E-state index in [0.717, 1.165) is 18.4 Å². The minimum atomic E-state index is -0.473. The Bertz CT molecular complexity index is 569. The highest BCUT2D eigenvalue weighted by atomic mass is 16.6. The second kappa shape index (κ2) is 8.85. The van der Waals surface area contributed by atoms with Crippen molar-refractivity contribution in [1.82, 2.24) is 9.80 Å². The van der Waals surface area contributed by atoms with E-state index in [9.17, 15) is 9.59 Å². The van der Waals surface area contributed by atoms with Crippen LogP contribution >= 0.6 is 0 Å². The van der Waals surface area contributed by atoms with Crippen molar-refractivity contribution >= 4 is 12.0 Å². The molecular weight excluding hydrogens is 318 g/mol. The number of amides is 2. The van der Waals surface area contributed by atoms with Crippen molar-refractivity contribution in [3.8, 4) is 0 Å². The van der Waals surface area contributed by atoms with Gasteiger partial charge in [0, 0.05) is 26.2 Å². The molecule has 1 aromatic rings. The molecule has 0 aromatic heterocycles. The molecule has 1 saturated heterocycles. The molecule has 1 atom stereocenters. The van der Waals surface area contributed by atoms with Crippen molar-refractivity contribution in [3.63, 3.8) is 0 Å². The lowest BCUT2D eigenvalue weighted by Crippen LogP contribution is -2.52. The Hall–Kier alpha value is -2.08. The fraction of sp³-hybridized carbons (Fsp3) is 0.579. The number of piperidine rings is 1. The van der Waals surface area contributed by atoms with E-state index in [1.54, 1.807) is 16.8 Å². The number of hydrogen-bond acceptors (Lipinski definition) is 4. The fourth-order valence-corrected chi connectivity index (χ4v) is 2.95. The van der Waals surface area contributed by atoms with Crippen LogP contribution in [-0.2, 0) is 16.1 Å². The Labute approximate surface area is 149 Å². The number of carbonyl (C=O) groups is 2. The molecular formula is C19H29N3O3. The van der Waals surface area contributed by atoms with Gasteiger partial charge in [-0.3, -0.25) is 4.79 Å². The van der Waals surface area contributed by atoms with Gasteiger partial charge in [-0.05, 0) is 24.3 Å². The third-order valence-electron chi connectivity index (χ3n) is 4.83. The van der Waals surface area contributed by atoms with Gasteiger partial charge in [-0.1, -0.05) is 44.2 Å². The first kappa shape index (κ1) is 19.2. The molecule has 0 bridgehead atoms. The van der Waals surface area contributed by atoms with Crippen LogP contribution in [0.3, 0.4) is 0 Å². The number of hydrogen-bond donors (Lipinski definition) is 1. The summed E-state index contributed by atoms with van der Waals surface area (Å²) in [7, 11) is 1.80. The Balaban J connectivity index is 1.78. The summed E-state index contributed by atoms with van der Waals surface area (Å²) in [4.78, 5) is 28.0. The maximum Gasteiger partial charge on any atom is 0.410 e. The largest absolute Gasteiger partial charge is 0.445 e. The van der Waals surface area contributed by atoms with Crippen LogP contribution in [0, 0.1) is 5.92 Å². The molecule has 2 rings (SSSR count). The van der Waals surface area contributed by atoms with Crippen LogP contribution in [0.1, 0.15) is 32.3 Å². The first-order valence-electron chi connectivity index (χ1n) is 8.88. The predicted molar refractivity (Wildman–Crippen MR) is 96.8 cm³/mol. The van der Waals surface area contributed by atoms with Crippen LogP contribution in [-0.4, -0.2) is 54.0 Å². The Morgan fingerprint density at radius 3 is 2.40 bits per heavy atom. The van der Waals surface area contributed by atoms with Crippen LogP contribution in [0.15, 0.2) is 30.3 Å². The maximum absolute atomic E-state index is 12.4. The molecule has 0 aliphatic carbocycles. The first-order valence-corrected chi connectivity index (χ1v) is 8.88. The summed E-state index contributed by atoms with van der Waals surface area (Å²) in [6.45, 7) is 5.35. The van der Waals surface area contributed by atoms with E-state index in [4.69, 9.17) is 10.5 Å². The normalized spacial score (nSPS) is 16.6. The Morgan fingerprint density at radius 2 is 1.84 bits per heavy atom. The van der Waals surface area contributed by atoms with E-state index < -0.39 is 6.04 Å². The molecule has 0 spiro atoms. The van der Waals surface area contributed by atoms with Crippen LogP contribution in [0.5, 0.6) is 0 Å². The average Bonchev–Trinajstić information content (AvgIpc) is 2.65. The molecule has 0 unspecified atom stereocenters. The van der Waals surface area contributed by atoms with Gasteiger partial charge in [0.25, 0.3) is 0 Å². The molecule has 1 heterocycles. The zero-order chi connectivity index (χ0) is 18.4. The molecule has 0 saturated carbocycles. The van der Waals surface area contributed by atoms with E-state index in [1.165, 1.54) is 0 Å². The predicted octanol–water partition coefficient (Wildman–Crippen LogP) is 2.23. The summed E-state index contributed by atoms with van der Waals surface area (Å²) in [6.07, 6.45) is 1.19. The molecule has 1 fully saturated rings. The van der Waals surface area contributed by atoms with Gasteiger partial charge in [-0.2, -0.15) is 0 Å². The van der Waals surface area contributed by atoms with Gasteiger partial charge in [0.05, 0.1) is 6.04 Å². The lowest BCUT2D eigenvalue weighted by molar-refractivity contribution is -0.135. The third-order valence-corrected chi connectivity index (χ3v) is 4.83. The van der Waals surface area contributed by atoms with E-state index in [2.05, 4.69) is 0 Å². The summed E-state index contributed by atoms with van der Waals surface area (Å²) < 4.78 is 5.37. The first-order chi connectivity index (χ1) is 11.9. The smallest absolute Gasteiger partial charge is 0.410 e. The second-order valence-corrected chi connectivity index (χ2v) is 6.98. The van der Waals surface area contributed by atoms with Crippen molar-refractivity contribution in [3.05, 3.63) is 35.9 Å². The molecule has 25 heavy (non-hydrogen) atoms. The molecule has 1 aromatic carbocycles. The van der Waals surface area contributed by atoms with Crippen molar-refractivity contribution in [2.45, 2.75) is 45.4 Å².